The first-order valence-electron chi connectivity index (χ1n) is 5.89. The zero-order valence-electron chi connectivity index (χ0n) is 11.0. The van der Waals surface area contributed by atoms with Crippen LogP contribution in [0.3, 0.4) is 0 Å². The van der Waals surface area contributed by atoms with Crippen molar-refractivity contribution in [2.75, 3.05) is 20.4 Å². The Labute approximate surface area is 118 Å². The lowest BCUT2D eigenvalue weighted by molar-refractivity contribution is -0.130. The highest BCUT2D eigenvalue weighted by Gasteiger charge is 2.31. The molecule has 1 aromatic carbocycles. The van der Waals surface area contributed by atoms with E-state index in [1.807, 2.05) is 0 Å². The number of carbonyl (C=O) groups is 1. The number of nitrogens with one attached hydrogen (secondary N) is 1. The van der Waals surface area contributed by atoms with Crippen molar-refractivity contribution in [1.82, 2.24) is 5.32 Å². The second-order valence-electron chi connectivity index (χ2n) is 4.29. The zero-order chi connectivity index (χ0) is 15.6. The number of nitrogens with two attached hydrogens (primary N) is 1. The van der Waals surface area contributed by atoms with Crippen LogP contribution in [0.25, 0.3) is 0 Å². The van der Waals surface area contributed by atoms with Crippen LogP contribution >= 0.6 is 0 Å². The second kappa shape index (κ2) is 5.68. The molecule has 1 unspecified atom stereocenters. The Morgan fingerprint density at radius 2 is 2.19 bits per heavy atom. The lowest BCUT2D eigenvalue weighted by Gasteiger charge is -2.18. The number of methoxy groups -OCH3 is 1. The van der Waals surface area contributed by atoms with Gasteiger partial charge in [0, 0.05) is 0 Å². The predicted octanol–water partition coefficient (Wildman–Crippen LogP) is 1.10. The molecule has 0 fully saturated rings. The van der Waals surface area contributed by atoms with E-state index in [2.05, 4.69) is 5.32 Å². The monoisotopic (exact) mass is 306 g/mol. The van der Waals surface area contributed by atoms with Crippen LogP contribution in [-0.2, 0) is 4.79 Å². The van der Waals surface area contributed by atoms with Gasteiger partial charge in [-0.1, -0.05) is 0 Å². The molecule has 2 rings (SSSR count). The van der Waals surface area contributed by atoms with Crippen molar-refractivity contribution in [2.24, 2.45) is 5.73 Å². The van der Waals surface area contributed by atoms with Gasteiger partial charge in [0.25, 0.3) is 0 Å². The normalized spacial score (nSPS) is 14.9. The van der Waals surface area contributed by atoms with Crippen LogP contribution in [0.1, 0.15) is 11.6 Å². The number of halogens is 3. The summed E-state index contributed by atoms with van der Waals surface area (Å²) < 4.78 is 52.2. The summed E-state index contributed by atoms with van der Waals surface area (Å²) in [7, 11) is 1.36. The zero-order valence-corrected chi connectivity index (χ0v) is 11.0. The van der Waals surface area contributed by atoms with Crippen molar-refractivity contribution in [2.45, 2.75) is 12.2 Å². The Morgan fingerprint density at radius 1 is 1.48 bits per heavy atom. The van der Waals surface area contributed by atoms with Gasteiger partial charge in [-0.25, -0.2) is 0 Å². The van der Waals surface area contributed by atoms with Gasteiger partial charge >= 0.3 is 6.18 Å². The van der Waals surface area contributed by atoms with Gasteiger partial charge in [-0.2, -0.15) is 13.2 Å². The SMILES string of the molecule is COc1cc(C(NCC(F)(F)F)C(N)=O)cc2c1OCO2. The molecule has 0 radical (unpaired) electrons. The number of hydrogen-bond donors (Lipinski definition) is 2. The molecule has 0 aromatic heterocycles. The van der Waals surface area contributed by atoms with Crippen molar-refractivity contribution in [1.29, 1.82) is 0 Å². The third-order valence-corrected chi connectivity index (χ3v) is 2.81. The fourth-order valence-electron chi connectivity index (χ4n) is 1.92. The first-order chi connectivity index (χ1) is 9.81. The number of primary amides is 1. The molecule has 9 heteroatoms. The van der Waals surface area contributed by atoms with Gasteiger partial charge in [0.1, 0.15) is 6.04 Å². The lowest BCUT2D eigenvalue weighted by atomic mass is 10.0. The van der Waals surface area contributed by atoms with Gasteiger partial charge in [0.05, 0.1) is 13.7 Å². The molecule has 0 aliphatic carbocycles. The second-order valence-corrected chi connectivity index (χ2v) is 4.29. The summed E-state index contributed by atoms with van der Waals surface area (Å²) in [6.45, 7) is -1.39. The maximum atomic E-state index is 12.3. The quantitative estimate of drug-likeness (QED) is 0.851. The summed E-state index contributed by atoms with van der Waals surface area (Å²) in [4.78, 5) is 11.4. The van der Waals surface area contributed by atoms with Crippen LogP contribution in [0.5, 0.6) is 17.2 Å². The summed E-state index contributed by atoms with van der Waals surface area (Å²) in [5, 5.41) is 2.07. The van der Waals surface area contributed by atoms with Crippen LogP contribution in [0.15, 0.2) is 12.1 Å². The highest BCUT2D eigenvalue weighted by molar-refractivity contribution is 5.82. The Balaban J connectivity index is 2.30. The summed E-state index contributed by atoms with van der Waals surface area (Å²) in [6.07, 6.45) is -4.46. The standard InChI is InChI=1S/C12H13F3N2O4/c1-19-7-2-6(3-8-10(7)21-5-20-8)9(11(16)18)17-4-12(13,14)15/h2-3,9,17H,4-5H2,1H3,(H2,16,18). The average Bonchev–Trinajstić information content (AvgIpc) is 2.84. The number of benzene rings is 1. The van der Waals surface area contributed by atoms with E-state index in [1.165, 1.54) is 19.2 Å². The third-order valence-electron chi connectivity index (χ3n) is 2.81. The van der Waals surface area contributed by atoms with Crippen LogP contribution in [0.2, 0.25) is 0 Å². The average molecular weight is 306 g/mol. The van der Waals surface area contributed by atoms with Crippen LogP contribution in [0, 0.1) is 0 Å². The first kappa shape index (κ1) is 15.2. The molecule has 1 heterocycles. The molecule has 1 aromatic rings. The number of carbonyl (C=O) groups excluding carboxylic acids is 1. The molecule has 1 atom stereocenters. The predicted molar refractivity (Wildman–Crippen MR) is 65.1 cm³/mol. The molecule has 6 nitrogen and oxygen atoms in total. The molecule has 0 saturated heterocycles. The van der Waals surface area contributed by atoms with Gasteiger partial charge in [-0.15, -0.1) is 0 Å². The van der Waals surface area contributed by atoms with E-state index in [0.717, 1.165) is 0 Å². The van der Waals surface area contributed by atoms with Gasteiger partial charge < -0.3 is 19.9 Å². The highest BCUT2D eigenvalue weighted by atomic mass is 19.4. The van der Waals surface area contributed by atoms with Gasteiger partial charge in [0.15, 0.2) is 11.5 Å². The van der Waals surface area contributed by atoms with Crippen molar-refractivity contribution >= 4 is 5.91 Å². The van der Waals surface area contributed by atoms with E-state index >= 15 is 0 Å². The molecule has 21 heavy (non-hydrogen) atoms. The molecule has 1 aliphatic rings. The van der Waals surface area contributed by atoms with E-state index in [-0.39, 0.29) is 23.9 Å². The highest BCUT2D eigenvalue weighted by Crippen LogP contribution is 2.43. The molecule has 1 amide bonds. The van der Waals surface area contributed by atoms with E-state index < -0.39 is 24.7 Å². The summed E-state index contributed by atoms with van der Waals surface area (Å²) in [5.41, 5.74) is 5.35. The maximum absolute atomic E-state index is 12.3. The van der Waals surface area contributed by atoms with Crippen molar-refractivity contribution < 1.29 is 32.2 Å². The largest absolute Gasteiger partial charge is 0.493 e. The lowest BCUT2D eigenvalue weighted by Crippen LogP contribution is -2.39. The Morgan fingerprint density at radius 3 is 2.76 bits per heavy atom. The molecule has 116 valence electrons. The molecule has 0 spiro atoms. The molecular weight excluding hydrogens is 293 g/mol. The van der Waals surface area contributed by atoms with Gasteiger partial charge in [-0.05, 0) is 17.7 Å². The third kappa shape index (κ3) is 3.48. The number of hydrogen-bond acceptors (Lipinski definition) is 5. The number of alkyl halides is 3. The summed E-state index contributed by atoms with van der Waals surface area (Å²) in [6, 6.07) is 1.45. The maximum Gasteiger partial charge on any atom is 0.401 e. The fourth-order valence-corrected chi connectivity index (χ4v) is 1.92. The minimum Gasteiger partial charge on any atom is -0.493 e. The summed E-state index contributed by atoms with van der Waals surface area (Å²) in [5.74, 6) is -0.0788. The molecule has 0 saturated carbocycles. The molecule has 3 N–H and O–H groups in total. The van der Waals surface area contributed by atoms with Gasteiger partial charge in [-0.3, -0.25) is 10.1 Å². The number of fused-ring (bicyclic) bond motifs is 1. The fraction of sp³-hybridized carbons (Fsp3) is 0.417. The number of amides is 1. The van der Waals surface area contributed by atoms with Crippen molar-refractivity contribution in [3.63, 3.8) is 0 Å². The van der Waals surface area contributed by atoms with E-state index in [1.54, 1.807) is 0 Å². The summed E-state index contributed by atoms with van der Waals surface area (Å²) >= 11 is 0. The topological polar surface area (TPSA) is 82.8 Å². The first-order valence-corrected chi connectivity index (χ1v) is 5.89. The minimum atomic E-state index is -4.46. The van der Waals surface area contributed by atoms with Crippen molar-refractivity contribution in [3.05, 3.63) is 17.7 Å². The van der Waals surface area contributed by atoms with Crippen LogP contribution in [0.4, 0.5) is 13.2 Å². The number of rotatable bonds is 5. The Hall–Kier alpha value is -2.16. The Bertz CT molecular complexity index is 548. The van der Waals surface area contributed by atoms with Crippen molar-refractivity contribution in [3.8, 4) is 17.2 Å². The van der Waals surface area contributed by atoms with Crippen LogP contribution < -0.4 is 25.3 Å². The van der Waals surface area contributed by atoms with Gasteiger partial charge in [0.2, 0.25) is 18.4 Å². The molecular formula is C12H13F3N2O4. The smallest absolute Gasteiger partial charge is 0.401 e. The van der Waals surface area contributed by atoms with E-state index in [4.69, 9.17) is 19.9 Å². The van der Waals surface area contributed by atoms with Crippen LogP contribution in [-0.4, -0.2) is 32.5 Å². The molecule has 1 aliphatic heterocycles. The minimum absolute atomic E-state index is 0.0354. The van der Waals surface area contributed by atoms with E-state index in [0.29, 0.717) is 5.75 Å². The Kier molecular flexibility index (Phi) is 4.12. The number of ether oxygens (including phenoxy) is 3. The molecule has 0 bridgehead atoms. The van der Waals surface area contributed by atoms with E-state index in [9.17, 15) is 18.0 Å².